The fourth-order valence-electron chi connectivity index (χ4n) is 3.04. The van der Waals surface area contributed by atoms with E-state index in [9.17, 15) is 14.4 Å². The van der Waals surface area contributed by atoms with E-state index in [4.69, 9.17) is 4.42 Å². The molecule has 3 aromatic heterocycles. The summed E-state index contributed by atoms with van der Waals surface area (Å²) in [6, 6.07) is 5.08. The van der Waals surface area contributed by atoms with E-state index in [0.717, 1.165) is 17.4 Å². The SMILES string of the molecule is CCCCn1c(C(=O)NCc2ccco2)cc2c(=O)n(C)c(=O)n(C)c21. The van der Waals surface area contributed by atoms with Gasteiger partial charge in [-0.05, 0) is 24.6 Å². The van der Waals surface area contributed by atoms with Gasteiger partial charge in [0.2, 0.25) is 0 Å². The molecule has 0 saturated carbocycles. The first-order chi connectivity index (χ1) is 12.5. The fraction of sp³-hybridized carbons (Fsp3) is 0.389. The normalized spacial score (nSPS) is 11.2. The van der Waals surface area contributed by atoms with E-state index in [2.05, 4.69) is 5.32 Å². The van der Waals surface area contributed by atoms with Crippen molar-refractivity contribution in [3.8, 4) is 0 Å². The molecule has 0 atom stereocenters. The minimum Gasteiger partial charge on any atom is -0.467 e. The summed E-state index contributed by atoms with van der Waals surface area (Å²) in [7, 11) is 3.04. The van der Waals surface area contributed by atoms with Gasteiger partial charge in [-0.2, -0.15) is 0 Å². The second-order valence-electron chi connectivity index (χ2n) is 6.24. The van der Waals surface area contributed by atoms with Crippen LogP contribution in [-0.4, -0.2) is 19.6 Å². The van der Waals surface area contributed by atoms with E-state index in [1.807, 2.05) is 6.92 Å². The van der Waals surface area contributed by atoms with Gasteiger partial charge in [-0.3, -0.25) is 18.7 Å². The van der Waals surface area contributed by atoms with Gasteiger partial charge in [0.1, 0.15) is 17.1 Å². The molecule has 0 radical (unpaired) electrons. The van der Waals surface area contributed by atoms with Crippen molar-refractivity contribution >= 4 is 16.9 Å². The van der Waals surface area contributed by atoms with E-state index in [0.29, 0.717) is 29.0 Å². The maximum atomic E-state index is 12.7. The van der Waals surface area contributed by atoms with E-state index in [1.165, 1.54) is 11.6 Å². The molecule has 0 unspecified atom stereocenters. The quantitative estimate of drug-likeness (QED) is 0.720. The maximum Gasteiger partial charge on any atom is 0.332 e. The standard InChI is InChI=1S/C18H22N4O4/c1-4-5-8-22-14(15(23)19-11-12-7-6-9-26-12)10-13-16(22)20(2)18(25)21(3)17(13)24/h6-7,9-10H,4-5,8,11H2,1-3H3,(H,19,23). The van der Waals surface area contributed by atoms with Crippen LogP contribution in [0.1, 0.15) is 36.0 Å². The van der Waals surface area contributed by atoms with Crippen molar-refractivity contribution in [2.75, 3.05) is 0 Å². The molecule has 0 saturated heterocycles. The minimum absolute atomic E-state index is 0.248. The summed E-state index contributed by atoms with van der Waals surface area (Å²) in [4.78, 5) is 37.5. The van der Waals surface area contributed by atoms with Gasteiger partial charge in [0.25, 0.3) is 11.5 Å². The molecule has 3 heterocycles. The van der Waals surface area contributed by atoms with Crippen LogP contribution in [0.2, 0.25) is 0 Å². The number of nitrogens with one attached hydrogen (secondary N) is 1. The van der Waals surface area contributed by atoms with E-state index in [1.54, 1.807) is 36.1 Å². The zero-order chi connectivity index (χ0) is 18.8. The van der Waals surface area contributed by atoms with Crippen LogP contribution < -0.4 is 16.6 Å². The summed E-state index contributed by atoms with van der Waals surface area (Å²) in [5.74, 6) is 0.320. The molecule has 0 spiro atoms. The molecule has 8 heteroatoms. The summed E-state index contributed by atoms with van der Waals surface area (Å²) < 4.78 is 9.44. The molecule has 1 N–H and O–H groups in total. The maximum absolute atomic E-state index is 12.7. The second-order valence-corrected chi connectivity index (χ2v) is 6.24. The van der Waals surface area contributed by atoms with Crippen LogP contribution in [-0.2, 0) is 27.2 Å². The molecule has 26 heavy (non-hydrogen) atoms. The largest absolute Gasteiger partial charge is 0.467 e. The Balaban J connectivity index is 2.10. The predicted octanol–water partition coefficient (Wildman–Crippen LogP) is 1.36. The van der Waals surface area contributed by atoms with Crippen molar-refractivity contribution in [3.63, 3.8) is 0 Å². The summed E-state index contributed by atoms with van der Waals surface area (Å²) in [5, 5.41) is 3.15. The molecular formula is C18H22N4O4. The highest BCUT2D eigenvalue weighted by Crippen LogP contribution is 2.17. The van der Waals surface area contributed by atoms with Gasteiger partial charge in [-0.1, -0.05) is 13.3 Å². The smallest absolute Gasteiger partial charge is 0.332 e. The third kappa shape index (κ3) is 2.98. The van der Waals surface area contributed by atoms with Crippen molar-refractivity contribution in [3.05, 3.63) is 56.8 Å². The first-order valence-corrected chi connectivity index (χ1v) is 8.55. The van der Waals surface area contributed by atoms with Gasteiger partial charge in [-0.25, -0.2) is 4.79 Å². The second kappa shape index (κ2) is 7.07. The highest BCUT2D eigenvalue weighted by molar-refractivity contribution is 5.97. The van der Waals surface area contributed by atoms with Crippen molar-refractivity contribution < 1.29 is 9.21 Å². The zero-order valence-corrected chi connectivity index (χ0v) is 15.1. The van der Waals surface area contributed by atoms with Crippen LogP contribution >= 0.6 is 0 Å². The van der Waals surface area contributed by atoms with Gasteiger partial charge in [0, 0.05) is 20.6 Å². The molecule has 0 aromatic carbocycles. The monoisotopic (exact) mass is 358 g/mol. The summed E-state index contributed by atoms with van der Waals surface area (Å²) in [5.41, 5.74) is 0.00679. The van der Waals surface area contributed by atoms with E-state index < -0.39 is 11.2 Å². The van der Waals surface area contributed by atoms with Crippen molar-refractivity contribution in [1.82, 2.24) is 19.0 Å². The summed E-state index contributed by atoms with van der Waals surface area (Å²) >= 11 is 0. The Kier molecular flexibility index (Phi) is 4.83. The number of carbonyl (C=O) groups is 1. The topological polar surface area (TPSA) is 91.2 Å². The lowest BCUT2D eigenvalue weighted by molar-refractivity contribution is 0.0939. The summed E-state index contributed by atoms with van der Waals surface area (Å²) in [6.45, 7) is 2.84. The number of aromatic nitrogens is 3. The van der Waals surface area contributed by atoms with Crippen molar-refractivity contribution in [2.24, 2.45) is 14.1 Å². The molecule has 3 rings (SSSR count). The third-order valence-corrected chi connectivity index (χ3v) is 4.47. The number of unbranched alkanes of at least 4 members (excludes halogenated alkanes) is 1. The Hall–Kier alpha value is -3.03. The number of fused-ring (bicyclic) bond motifs is 1. The molecule has 138 valence electrons. The lowest BCUT2D eigenvalue weighted by atomic mass is 10.3. The minimum atomic E-state index is -0.416. The number of rotatable bonds is 6. The van der Waals surface area contributed by atoms with E-state index >= 15 is 0 Å². The third-order valence-electron chi connectivity index (χ3n) is 4.47. The molecule has 8 nitrogen and oxygen atoms in total. The average molecular weight is 358 g/mol. The lowest BCUT2D eigenvalue weighted by Gasteiger charge is -2.12. The molecule has 0 fully saturated rings. The zero-order valence-electron chi connectivity index (χ0n) is 15.1. The van der Waals surface area contributed by atoms with Crippen LogP contribution in [0.3, 0.4) is 0 Å². The van der Waals surface area contributed by atoms with Crippen LogP contribution in [0.25, 0.3) is 11.0 Å². The van der Waals surface area contributed by atoms with Gasteiger partial charge in [0.05, 0.1) is 18.2 Å². The lowest BCUT2D eigenvalue weighted by Crippen LogP contribution is -2.37. The Morgan fingerprint density at radius 3 is 2.65 bits per heavy atom. The number of hydrogen-bond donors (Lipinski definition) is 1. The highest BCUT2D eigenvalue weighted by Gasteiger charge is 2.21. The van der Waals surface area contributed by atoms with Crippen molar-refractivity contribution in [1.29, 1.82) is 0 Å². The Morgan fingerprint density at radius 1 is 1.23 bits per heavy atom. The molecule has 0 aliphatic rings. The van der Waals surface area contributed by atoms with Crippen LogP contribution in [0.5, 0.6) is 0 Å². The number of furan rings is 1. The Bertz CT molecular complexity index is 1050. The van der Waals surface area contributed by atoms with Gasteiger partial charge < -0.3 is 14.3 Å². The molecule has 1 amide bonds. The number of amides is 1. The van der Waals surface area contributed by atoms with Gasteiger partial charge in [0.15, 0.2) is 0 Å². The fourth-order valence-corrected chi connectivity index (χ4v) is 3.04. The van der Waals surface area contributed by atoms with Gasteiger partial charge in [-0.15, -0.1) is 0 Å². The Labute approximate surface area is 149 Å². The number of carbonyl (C=O) groups excluding carboxylic acids is 1. The molecular weight excluding hydrogens is 336 g/mol. The Morgan fingerprint density at radius 2 is 2.00 bits per heavy atom. The van der Waals surface area contributed by atoms with Gasteiger partial charge >= 0.3 is 5.69 Å². The van der Waals surface area contributed by atoms with Crippen LogP contribution in [0.4, 0.5) is 0 Å². The predicted molar refractivity (Wildman–Crippen MR) is 97.2 cm³/mol. The molecule has 0 aliphatic carbocycles. The first kappa shape index (κ1) is 17.8. The first-order valence-electron chi connectivity index (χ1n) is 8.55. The number of nitrogens with zero attached hydrogens (tertiary/aromatic N) is 3. The number of hydrogen-bond acceptors (Lipinski definition) is 4. The van der Waals surface area contributed by atoms with E-state index in [-0.39, 0.29) is 12.5 Å². The van der Waals surface area contributed by atoms with Crippen LogP contribution in [0.15, 0.2) is 38.5 Å². The van der Waals surface area contributed by atoms with Crippen LogP contribution in [0, 0.1) is 0 Å². The molecule has 3 aromatic rings. The van der Waals surface area contributed by atoms with Crippen molar-refractivity contribution in [2.45, 2.75) is 32.9 Å². The summed E-state index contributed by atoms with van der Waals surface area (Å²) in [6.07, 6.45) is 3.29. The average Bonchev–Trinajstić information content (AvgIpc) is 3.28. The highest BCUT2D eigenvalue weighted by atomic mass is 16.3. The molecule has 0 bridgehead atoms. The number of aryl methyl sites for hydroxylation is 2. The molecule has 0 aliphatic heterocycles.